The highest BCUT2D eigenvalue weighted by atomic mass is 35.5. The molecule has 3 rings (SSSR count). The van der Waals surface area contributed by atoms with E-state index >= 15 is 0 Å². The number of carbonyl (C=O) groups is 1. The van der Waals surface area contributed by atoms with Crippen molar-refractivity contribution in [3.05, 3.63) is 64.8 Å². The first-order valence-corrected chi connectivity index (χ1v) is 11.0. The number of halogens is 2. The molecule has 2 aromatic carbocycles. The quantitative estimate of drug-likeness (QED) is 0.443. The zero-order valence-corrected chi connectivity index (χ0v) is 20.0. The first kappa shape index (κ1) is 23.8. The topological polar surface area (TPSA) is 76.1 Å². The highest BCUT2D eigenvalue weighted by Gasteiger charge is 2.23. The van der Waals surface area contributed by atoms with Gasteiger partial charge in [-0.3, -0.25) is 0 Å². The van der Waals surface area contributed by atoms with Gasteiger partial charge < -0.3 is 15.4 Å². The van der Waals surface area contributed by atoms with Crippen LogP contribution in [0.5, 0.6) is 5.88 Å². The summed E-state index contributed by atoms with van der Waals surface area (Å²) in [6, 6.07) is 14.6. The highest BCUT2D eigenvalue weighted by molar-refractivity contribution is 6.31. The van der Waals surface area contributed by atoms with Crippen LogP contribution in [0.4, 0.5) is 4.79 Å². The van der Waals surface area contributed by atoms with E-state index in [-0.39, 0.29) is 18.7 Å². The van der Waals surface area contributed by atoms with Crippen LogP contribution in [0.15, 0.2) is 54.7 Å². The lowest BCUT2D eigenvalue weighted by molar-refractivity contribution is 0.190. The van der Waals surface area contributed by atoms with Crippen molar-refractivity contribution in [3.8, 4) is 28.4 Å². The Hall–Kier alpha value is -2.83. The van der Waals surface area contributed by atoms with Crippen LogP contribution in [0.2, 0.25) is 10.0 Å². The van der Waals surface area contributed by atoms with Gasteiger partial charge in [-0.1, -0.05) is 47.5 Å². The number of amides is 2. The average molecular weight is 473 g/mol. The summed E-state index contributed by atoms with van der Waals surface area (Å²) in [7, 11) is 0. The maximum absolute atomic E-state index is 12.0. The Bertz CT molecular complexity index is 1070. The van der Waals surface area contributed by atoms with Gasteiger partial charge in [0.15, 0.2) is 0 Å². The summed E-state index contributed by atoms with van der Waals surface area (Å²) in [4.78, 5) is 21.4. The van der Waals surface area contributed by atoms with Gasteiger partial charge in [-0.25, -0.2) is 14.8 Å². The molecule has 2 N–H and O–H groups in total. The summed E-state index contributed by atoms with van der Waals surface area (Å²) in [5, 5.41) is 6.99. The van der Waals surface area contributed by atoms with Gasteiger partial charge in [0.2, 0.25) is 5.88 Å². The summed E-state index contributed by atoms with van der Waals surface area (Å²) in [6.45, 7) is 7.77. The molecule has 0 fully saturated rings. The molecule has 0 aliphatic carbocycles. The molecule has 0 spiro atoms. The number of nitrogens with zero attached hydrogens (tertiary/aromatic N) is 2. The third-order valence-corrected chi connectivity index (χ3v) is 4.94. The lowest BCUT2D eigenvalue weighted by Gasteiger charge is -2.26. The zero-order valence-electron chi connectivity index (χ0n) is 18.4. The smallest absolute Gasteiger partial charge is 0.315 e. The standard InChI is InChI=1S/C24H26Cl2N4O2/c1-15(2)28-23(31)30-24(3,4)14-32-20-13-27-21(16-5-9-18(25)10-6-16)22(29-20)17-7-11-19(26)12-8-17/h5-13,15H,14H2,1-4H3,(H2,28,30,31). The van der Waals surface area contributed by atoms with Gasteiger partial charge in [0, 0.05) is 27.2 Å². The Morgan fingerprint density at radius 3 is 2.03 bits per heavy atom. The highest BCUT2D eigenvalue weighted by Crippen LogP contribution is 2.31. The minimum absolute atomic E-state index is 0.0416. The SMILES string of the molecule is CC(C)NC(=O)NC(C)(C)COc1cnc(-c2ccc(Cl)cc2)c(-c2ccc(Cl)cc2)n1. The normalized spacial score (nSPS) is 11.3. The molecule has 0 saturated heterocycles. The Balaban J connectivity index is 1.86. The fraction of sp³-hybridized carbons (Fsp3) is 0.292. The summed E-state index contributed by atoms with van der Waals surface area (Å²) < 4.78 is 5.91. The van der Waals surface area contributed by atoms with E-state index in [1.807, 2.05) is 64.1 Å². The minimum atomic E-state index is -0.615. The van der Waals surface area contributed by atoms with E-state index in [9.17, 15) is 4.79 Å². The van der Waals surface area contributed by atoms with Crippen molar-refractivity contribution in [2.75, 3.05) is 6.61 Å². The Kier molecular flexibility index (Phi) is 7.59. The lowest BCUT2D eigenvalue weighted by Crippen LogP contribution is -2.52. The van der Waals surface area contributed by atoms with Gasteiger partial charge in [0.1, 0.15) is 12.3 Å². The van der Waals surface area contributed by atoms with Crippen molar-refractivity contribution in [3.63, 3.8) is 0 Å². The number of benzene rings is 2. The molecule has 0 aliphatic heterocycles. The molecule has 0 saturated carbocycles. The van der Waals surface area contributed by atoms with Gasteiger partial charge in [0.25, 0.3) is 0 Å². The van der Waals surface area contributed by atoms with Gasteiger partial charge >= 0.3 is 6.03 Å². The van der Waals surface area contributed by atoms with Crippen LogP contribution in [0.1, 0.15) is 27.7 Å². The fourth-order valence-electron chi connectivity index (χ4n) is 2.97. The Morgan fingerprint density at radius 1 is 0.969 bits per heavy atom. The maximum Gasteiger partial charge on any atom is 0.315 e. The average Bonchev–Trinajstić information content (AvgIpc) is 2.72. The number of rotatable bonds is 7. The second-order valence-corrected chi connectivity index (χ2v) is 9.22. The molecule has 3 aromatic rings. The van der Waals surface area contributed by atoms with E-state index in [0.717, 1.165) is 11.1 Å². The van der Waals surface area contributed by atoms with Crippen LogP contribution in [0.3, 0.4) is 0 Å². The van der Waals surface area contributed by atoms with E-state index < -0.39 is 5.54 Å². The molecule has 8 heteroatoms. The number of nitrogens with one attached hydrogen (secondary N) is 2. The van der Waals surface area contributed by atoms with E-state index in [1.165, 1.54) is 0 Å². The van der Waals surface area contributed by atoms with Crippen molar-refractivity contribution in [1.29, 1.82) is 0 Å². The number of urea groups is 1. The molecule has 0 unspecified atom stereocenters. The number of carbonyl (C=O) groups excluding carboxylic acids is 1. The van der Waals surface area contributed by atoms with Gasteiger partial charge in [0.05, 0.1) is 17.4 Å². The first-order chi connectivity index (χ1) is 15.1. The molecular formula is C24H26Cl2N4O2. The Labute approximate surface area is 198 Å². The largest absolute Gasteiger partial charge is 0.474 e. The maximum atomic E-state index is 12.0. The van der Waals surface area contributed by atoms with Crippen molar-refractivity contribution in [1.82, 2.24) is 20.6 Å². The third kappa shape index (κ3) is 6.58. The predicted octanol–water partition coefficient (Wildman–Crippen LogP) is 5.98. The van der Waals surface area contributed by atoms with E-state index in [1.54, 1.807) is 18.3 Å². The molecule has 168 valence electrons. The number of aromatic nitrogens is 2. The molecule has 0 bridgehead atoms. The minimum Gasteiger partial charge on any atom is -0.474 e. The predicted molar refractivity (Wildman–Crippen MR) is 129 cm³/mol. The fourth-order valence-corrected chi connectivity index (χ4v) is 3.22. The van der Waals surface area contributed by atoms with E-state index in [4.69, 9.17) is 32.9 Å². The summed E-state index contributed by atoms with van der Waals surface area (Å²) in [5.41, 5.74) is 2.47. The van der Waals surface area contributed by atoms with Crippen molar-refractivity contribution < 1.29 is 9.53 Å². The molecular weight excluding hydrogens is 447 g/mol. The van der Waals surface area contributed by atoms with Crippen LogP contribution >= 0.6 is 23.2 Å². The van der Waals surface area contributed by atoms with E-state index in [0.29, 0.717) is 27.3 Å². The van der Waals surface area contributed by atoms with Crippen LogP contribution in [-0.2, 0) is 0 Å². The van der Waals surface area contributed by atoms with Crippen LogP contribution in [0, 0.1) is 0 Å². The van der Waals surface area contributed by atoms with Crippen molar-refractivity contribution in [2.45, 2.75) is 39.3 Å². The number of ether oxygens (including phenoxy) is 1. The van der Waals surface area contributed by atoms with Gasteiger partial charge in [-0.15, -0.1) is 0 Å². The Morgan fingerprint density at radius 2 is 1.50 bits per heavy atom. The summed E-state index contributed by atoms with van der Waals surface area (Å²) in [6.07, 6.45) is 1.58. The molecule has 0 atom stereocenters. The monoisotopic (exact) mass is 472 g/mol. The van der Waals surface area contributed by atoms with Crippen LogP contribution in [0.25, 0.3) is 22.5 Å². The lowest BCUT2D eigenvalue weighted by atomic mass is 10.0. The van der Waals surface area contributed by atoms with Crippen molar-refractivity contribution >= 4 is 29.2 Å². The molecule has 0 radical (unpaired) electrons. The molecule has 32 heavy (non-hydrogen) atoms. The van der Waals surface area contributed by atoms with Gasteiger partial charge in [-0.05, 0) is 52.0 Å². The second kappa shape index (κ2) is 10.2. The molecule has 0 aliphatic rings. The molecule has 1 aromatic heterocycles. The summed E-state index contributed by atoms with van der Waals surface area (Å²) >= 11 is 12.1. The molecule has 1 heterocycles. The zero-order chi connectivity index (χ0) is 23.3. The third-order valence-electron chi connectivity index (χ3n) is 4.44. The van der Waals surface area contributed by atoms with Crippen LogP contribution < -0.4 is 15.4 Å². The number of hydrogen-bond acceptors (Lipinski definition) is 4. The summed E-state index contributed by atoms with van der Waals surface area (Å²) in [5.74, 6) is 0.354. The molecule has 2 amide bonds. The van der Waals surface area contributed by atoms with E-state index in [2.05, 4.69) is 15.6 Å². The van der Waals surface area contributed by atoms with Crippen molar-refractivity contribution in [2.24, 2.45) is 0 Å². The van der Waals surface area contributed by atoms with Crippen LogP contribution in [-0.4, -0.2) is 34.2 Å². The van der Waals surface area contributed by atoms with Gasteiger partial charge in [-0.2, -0.15) is 0 Å². The molecule has 6 nitrogen and oxygen atoms in total. The number of hydrogen-bond donors (Lipinski definition) is 2. The first-order valence-electron chi connectivity index (χ1n) is 10.2. The second-order valence-electron chi connectivity index (χ2n) is 8.34.